The number of urea groups is 1. The largest absolute Gasteiger partial charge is 0.368 e. The fourth-order valence-electron chi connectivity index (χ4n) is 1.05. The smallest absolute Gasteiger partial charge is 0.331 e. The second kappa shape index (κ2) is 6.11. The number of rotatable bonds is 4. The predicted molar refractivity (Wildman–Crippen MR) is 63.9 cm³/mol. The first-order valence-electron chi connectivity index (χ1n) is 4.76. The number of hydrogen-bond acceptors (Lipinski definition) is 6. The van der Waals surface area contributed by atoms with E-state index >= 15 is 0 Å². The molecule has 4 N–H and O–H groups in total. The van der Waals surface area contributed by atoms with Gasteiger partial charge in [-0.25, -0.2) is 4.79 Å². The minimum atomic E-state index is -0.388. The summed E-state index contributed by atoms with van der Waals surface area (Å²) in [7, 11) is 0. The SMILES string of the molecule is CCCc1nc(N)nc(NC(=O)NSC)n1. The summed E-state index contributed by atoms with van der Waals surface area (Å²) >= 11 is 1.18. The second-order valence-electron chi connectivity index (χ2n) is 2.94. The van der Waals surface area contributed by atoms with E-state index in [0.717, 1.165) is 6.42 Å². The average molecular weight is 242 g/mol. The summed E-state index contributed by atoms with van der Waals surface area (Å²) in [6.07, 6.45) is 3.34. The molecule has 7 nitrogen and oxygen atoms in total. The number of hydrogen-bond donors (Lipinski definition) is 3. The molecule has 1 aromatic rings. The molecule has 88 valence electrons. The normalized spacial score (nSPS) is 9.88. The molecule has 0 fully saturated rings. The fraction of sp³-hybridized carbons (Fsp3) is 0.500. The Morgan fingerprint density at radius 3 is 2.81 bits per heavy atom. The van der Waals surface area contributed by atoms with Gasteiger partial charge in [0.15, 0.2) is 0 Å². The van der Waals surface area contributed by atoms with Crippen LogP contribution in [-0.2, 0) is 6.42 Å². The first kappa shape index (κ1) is 12.5. The van der Waals surface area contributed by atoms with E-state index in [1.54, 1.807) is 6.26 Å². The number of carbonyl (C=O) groups is 1. The first-order chi connectivity index (χ1) is 7.65. The van der Waals surface area contributed by atoms with Crippen molar-refractivity contribution >= 4 is 29.9 Å². The van der Waals surface area contributed by atoms with Crippen molar-refractivity contribution in [3.05, 3.63) is 5.82 Å². The monoisotopic (exact) mass is 242 g/mol. The molecule has 0 radical (unpaired) electrons. The van der Waals surface area contributed by atoms with Gasteiger partial charge in [0, 0.05) is 12.7 Å². The lowest BCUT2D eigenvalue weighted by atomic mass is 10.3. The van der Waals surface area contributed by atoms with Gasteiger partial charge in [0.05, 0.1) is 0 Å². The van der Waals surface area contributed by atoms with Gasteiger partial charge < -0.3 is 5.73 Å². The van der Waals surface area contributed by atoms with Crippen LogP contribution in [0.15, 0.2) is 0 Å². The summed E-state index contributed by atoms with van der Waals surface area (Å²) in [5, 5.41) is 2.47. The van der Waals surface area contributed by atoms with E-state index in [4.69, 9.17) is 5.73 Å². The molecule has 0 unspecified atom stereocenters. The standard InChI is InChI=1S/C8H14N6OS/c1-3-4-5-10-6(9)12-7(11-5)13-8(15)14-16-2/h3-4H2,1-2H3,(H4,9,10,11,12,13,14,15). The van der Waals surface area contributed by atoms with Gasteiger partial charge >= 0.3 is 6.03 Å². The first-order valence-corrected chi connectivity index (χ1v) is 5.98. The lowest BCUT2D eigenvalue weighted by Gasteiger charge is -2.05. The maximum Gasteiger partial charge on any atom is 0.331 e. The quantitative estimate of drug-likeness (QED) is 0.674. The summed E-state index contributed by atoms with van der Waals surface area (Å²) in [5.41, 5.74) is 5.50. The van der Waals surface area contributed by atoms with Crippen molar-refractivity contribution in [2.24, 2.45) is 0 Å². The van der Waals surface area contributed by atoms with Crippen molar-refractivity contribution in [3.8, 4) is 0 Å². The van der Waals surface area contributed by atoms with Gasteiger partial charge in [0.25, 0.3) is 0 Å². The number of aromatic nitrogens is 3. The van der Waals surface area contributed by atoms with Crippen LogP contribution in [0.3, 0.4) is 0 Å². The number of nitrogens with one attached hydrogen (secondary N) is 2. The number of aryl methyl sites for hydroxylation is 1. The fourth-order valence-corrected chi connectivity index (χ4v) is 1.29. The zero-order chi connectivity index (χ0) is 12.0. The van der Waals surface area contributed by atoms with Crippen LogP contribution in [0.4, 0.5) is 16.7 Å². The van der Waals surface area contributed by atoms with E-state index in [1.807, 2.05) is 6.92 Å². The molecule has 0 aliphatic heterocycles. The molecule has 0 aromatic carbocycles. The van der Waals surface area contributed by atoms with Crippen molar-refractivity contribution in [3.63, 3.8) is 0 Å². The summed E-state index contributed by atoms with van der Waals surface area (Å²) in [5.74, 6) is 0.856. The zero-order valence-electron chi connectivity index (χ0n) is 9.15. The summed E-state index contributed by atoms with van der Waals surface area (Å²) < 4.78 is 2.49. The third kappa shape index (κ3) is 3.89. The summed E-state index contributed by atoms with van der Waals surface area (Å²) in [6, 6.07) is -0.388. The van der Waals surface area contributed by atoms with Gasteiger partial charge in [-0.3, -0.25) is 10.0 Å². The molecular formula is C8H14N6OS. The van der Waals surface area contributed by atoms with Crippen LogP contribution in [-0.4, -0.2) is 27.2 Å². The van der Waals surface area contributed by atoms with E-state index in [1.165, 1.54) is 11.9 Å². The number of nitrogens with zero attached hydrogens (tertiary/aromatic N) is 3. The van der Waals surface area contributed by atoms with E-state index in [0.29, 0.717) is 12.2 Å². The Hall–Kier alpha value is -1.57. The Bertz CT molecular complexity index is 372. The predicted octanol–water partition coefficient (Wildman–Crippen LogP) is 0.806. The maximum absolute atomic E-state index is 11.2. The number of anilines is 2. The second-order valence-corrected chi connectivity index (χ2v) is 3.56. The molecule has 2 amide bonds. The lowest BCUT2D eigenvalue weighted by molar-refractivity contribution is 0.257. The Morgan fingerprint density at radius 2 is 2.19 bits per heavy atom. The Morgan fingerprint density at radius 1 is 1.44 bits per heavy atom. The van der Waals surface area contributed by atoms with Crippen molar-refractivity contribution in [1.82, 2.24) is 19.7 Å². The van der Waals surface area contributed by atoms with Crippen molar-refractivity contribution in [1.29, 1.82) is 0 Å². The topological polar surface area (TPSA) is 106 Å². The third-order valence-electron chi connectivity index (χ3n) is 1.59. The van der Waals surface area contributed by atoms with E-state index in [9.17, 15) is 4.79 Å². The highest BCUT2D eigenvalue weighted by atomic mass is 32.2. The highest BCUT2D eigenvalue weighted by Crippen LogP contribution is 2.04. The molecule has 1 rings (SSSR count). The highest BCUT2D eigenvalue weighted by Gasteiger charge is 2.06. The van der Waals surface area contributed by atoms with E-state index < -0.39 is 0 Å². The number of amides is 2. The van der Waals surface area contributed by atoms with Gasteiger partial charge in [-0.05, 0) is 6.42 Å². The highest BCUT2D eigenvalue weighted by molar-refractivity contribution is 7.97. The Balaban J connectivity index is 2.75. The summed E-state index contributed by atoms with van der Waals surface area (Å²) in [6.45, 7) is 2.01. The Kier molecular flexibility index (Phi) is 4.77. The van der Waals surface area contributed by atoms with Crippen LogP contribution in [0.1, 0.15) is 19.2 Å². The van der Waals surface area contributed by atoms with Crippen molar-refractivity contribution < 1.29 is 4.79 Å². The van der Waals surface area contributed by atoms with Gasteiger partial charge in [0.2, 0.25) is 11.9 Å². The van der Waals surface area contributed by atoms with E-state index in [2.05, 4.69) is 25.0 Å². The molecule has 0 aliphatic rings. The molecule has 0 atom stereocenters. The maximum atomic E-state index is 11.2. The van der Waals surface area contributed by atoms with Gasteiger partial charge in [0.1, 0.15) is 5.82 Å². The zero-order valence-corrected chi connectivity index (χ0v) is 9.97. The molecule has 0 saturated carbocycles. The average Bonchev–Trinajstić information content (AvgIpc) is 2.17. The number of carbonyl (C=O) groups excluding carboxylic acids is 1. The molecule has 0 spiro atoms. The van der Waals surface area contributed by atoms with Crippen LogP contribution in [0.25, 0.3) is 0 Å². The third-order valence-corrected chi connectivity index (χ3v) is 1.98. The summed E-state index contributed by atoms with van der Waals surface area (Å²) in [4.78, 5) is 23.0. The van der Waals surface area contributed by atoms with Crippen LogP contribution < -0.4 is 15.8 Å². The molecule has 1 heterocycles. The molecule has 16 heavy (non-hydrogen) atoms. The molecule has 0 bridgehead atoms. The van der Waals surface area contributed by atoms with Gasteiger partial charge in [-0.1, -0.05) is 18.9 Å². The van der Waals surface area contributed by atoms with E-state index in [-0.39, 0.29) is 17.9 Å². The number of nitrogens with two attached hydrogens (primary N) is 1. The molecule has 0 saturated heterocycles. The van der Waals surface area contributed by atoms with Gasteiger partial charge in [-0.15, -0.1) is 0 Å². The number of nitrogen functional groups attached to an aromatic ring is 1. The molecule has 0 aliphatic carbocycles. The van der Waals surface area contributed by atoms with Crippen LogP contribution in [0.2, 0.25) is 0 Å². The molecule has 1 aromatic heterocycles. The lowest BCUT2D eigenvalue weighted by Crippen LogP contribution is -2.24. The van der Waals surface area contributed by atoms with Crippen LogP contribution in [0.5, 0.6) is 0 Å². The van der Waals surface area contributed by atoms with Crippen molar-refractivity contribution in [2.45, 2.75) is 19.8 Å². The molecule has 8 heteroatoms. The van der Waals surface area contributed by atoms with Crippen LogP contribution >= 0.6 is 11.9 Å². The minimum Gasteiger partial charge on any atom is -0.368 e. The van der Waals surface area contributed by atoms with Gasteiger partial charge in [-0.2, -0.15) is 15.0 Å². The Labute approximate surface area is 97.8 Å². The van der Waals surface area contributed by atoms with Crippen molar-refractivity contribution in [2.75, 3.05) is 17.3 Å². The molecular weight excluding hydrogens is 228 g/mol. The minimum absolute atomic E-state index is 0.109. The van der Waals surface area contributed by atoms with Crippen LogP contribution in [0, 0.1) is 0 Å².